The summed E-state index contributed by atoms with van der Waals surface area (Å²) in [7, 11) is 0. The number of hydrogen-bond donors (Lipinski definition) is 1. The number of nitrogens with one attached hydrogen (secondary N) is 1. The van der Waals surface area contributed by atoms with Crippen molar-refractivity contribution in [3.63, 3.8) is 0 Å². The number of rotatable bonds is 5. The van der Waals surface area contributed by atoms with E-state index >= 15 is 0 Å². The van der Waals surface area contributed by atoms with Crippen molar-refractivity contribution in [2.24, 2.45) is 0 Å². The Bertz CT molecular complexity index is 865. The number of hydrogen-bond acceptors (Lipinski definition) is 5. The van der Waals surface area contributed by atoms with E-state index < -0.39 is 22.9 Å². The van der Waals surface area contributed by atoms with Crippen LogP contribution in [0.4, 0.5) is 11.4 Å². The molecule has 136 valence electrons. The molecule has 0 radical (unpaired) electrons. The maximum atomic E-state index is 12.2. The summed E-state index contributed by atoms with van der Waals surface area (Å²) >= 11 is 11.9. The number of benzene rings is 2. The Morgan fingerprint density at radius 1 is 1.19 bits per heavy atom. The average Bonchev–Trinajstić information content (AvgIpc) is 2.58. The number of anilines is 1. The fraction of sp³-hybridized carbons (Fsp3) is 0.176. The minimum absolute atomic E-state index is 0.0299. The number of nitro benzene ring substituents is 1. The van der Waals surface area contributed by atoms with Crippen LogP contribution in [0.15, 0.2) is 36.4 Å². The van der Waals surface area contributed by atoms with Crippen LogP contribution in [0.1, 0.15) is 22.8 Å². The highest BCUT2D eigenvalue weighted by Gasteiger charge is 2.22. The van der Waals surface area contributed by atoms with Crippen LogP contribution in [0.2, 0.25) is 10.0 Å². The van der Waals surface area contributed by atoms with Crippen molar-refractivity contribution in [3.05, 3.63) is 67.7 Å². The number of nitro groups is 1. The average molecular weight is 397 g/mol. The van der Waals surface area contributed by atoms with E-state index in [2.05, 4.69) is 5.32 Å². The first-order valence-electron chi connectivity index (χ1n) is 7.41. The van der Waals surface area contributed by atoms with E-state index in [1.54, 1.807) is 25.1 Å². The molecule has 0 spiro atoms. The van der Waals surface area contributed by atoms with Crippen LogP contribution in [-0.2, 0) is 9.53 Å². The molecule has 7 nitrogen and oxygen atoms in total. The first-order valence-corrected chi connectivity index (χ1v) is 8.17. The van der Waals surface area contributed by atoms with Crippen molar-refractivity contribution >= 4 is 46.5 Å². The number of amides is 1. The van der Waals surface area contributed by atoms with Crippen molar-refractivity contribution in [1.29, 1.82) is 0 Å². The SMILES string of the molecule is Cc1ccc(C(=O)O[C@@H](C)C(=O)Nc2c(Cl)cccc2Cl)cc1[N+](=O)[O-]. The minimum atomic E-state index is -1.17. The number of carbonyl (C=O) groups is 2. The molecule has 2 rings (SSSR count). The summed E-state index contributed by atoms with van der Waals surface area (Å²) < 4.78 is 5.07. The van der Waals surface area contributed by atoms with Gasteiger partial charge in [0.1, 0.15) is 0 Å². The van der Waals surface area contributed by atoms with Gasteiger partial charge in [-0.2, -0.15) is 0 Å². The maximum Gasteiger partial charge on any atom is 0.339 e. The van der Waals surface area contributed by atoms with E-state index in [1.165, 1.54) is 19.1 Å². The summed E-state index contributed by atoms with van der Waals surface area (Å²) in [5, 5.41) is 13.9. The third-order valence-electron chi connectivity index (χ3n) is 3.51. The molecule has 0 saturated heterocycles. The second-order valence-electron chi connectivity index (χ2n) is 5.39. The lowest BCUT2D eigenvalue weighted by Gasteiger charge is -2.15. The van der Waals surface area contributed by atoms with Gasteiger partial charge >= 0.3 is 5.97 Å². The molecule has 0 heterocycles. The lowest BCUT2D eigenvalue weighted by Crippen LogP contribution is -2.30. The maximum absolute atomic E-state index is 12.2. The monoisotopic (exact) mass is 396 g/mol. The van der Waals surface area contributed by atoms with Crippen molar-refractivity contribution in [2.75, 3.05) is 5.32 Å². The van der Waals surface area contributed by atoms with Crippen molar-refractivity contribution in [2.45, 2.75) is 20.0 Å². The van der Waals surface area contributed by atoms with Crippen molar-refractivity contribution in [1.82, 2.24) is 0 Å². The Kier molecular flexibility index (Phi) is 6.18. The Hall–Kier alpha value is -2.64. The summed E-state index contributed by atoms with van der Waals surface area (Å²) in [6.07, 6.45) is -1.17. The number of halogens is 2. The van der Waals surface area contributed by atoms with Crippen LogP contribution in [-0.4, -0.2) is 22.9 Å². The molecule has 1 N–H and O–H groups in total. The molecule has 1 amide bonds. The fourth-order valence-corrected chi connectivity index (χ4v) is 2.55. The molecule has 1 atom stereocenters. The van der Waals surface area contributed by atoms with E-state index in [0.29, 0.717) is 5.56 Å². The van der Waals surface area contributed by atoms with Crippen molar-refractivity contribution in [3.8, 4) is 0 Å². The van der Waals surface area contributed by atoms with Gasteiger partial charge in [-0.05, 0) is 32.0 Å². The van der Waals surface area contributed by atoms with Crippen LogP contribution in [0.3, 0.4) is 0 Å². The van der Waals surface area contributed by atoms with Gasteiger partial charge in [0, 0.05) is 11.6 Å². The van der Waals surface area contributed by atoms with Gasteiger partial charge < -0.3 is 10.1 Å². The lowest BCUT2D eigenvalue weighted by molar-refractivity contribution is -0.385. The van der Waals surface area contributed by atoms with E-state index in [0.717, 1.165) is 6.07 Å². The predicted octanol–water partition coefficient (Wildman–Crippen LogP) is 4.39. The second kappa shape index (κ2) is 8.16. The Morgan fingerprint density at radius 3 is 2.38 bits per heavy atom. The molecule has 2 aromatic rings. The number of carbonyl (C=O) groups excluding carboxylic acids is 2. The molecule has 26 heavy (non-hydrogen) atoms. The summed E-state index contributed by atoms with van der Waals surface area (Å²) in [5.74, 6) is -1.50. The quantitative estimate of drug-likeness (QED) is 0.458. The van der Waals surface area contributed by atoms with Crippen LogP contribution in [0.25, 0.3) is 0 Å². The number of aryl methyl sites for hydroxylation is 1. The zero-order valence-electron chi connectivity index (χ0n) is 13.8. The Balaban J connectivity index is 2.10. The highest BCUT2D eigenvalue weighted by atomic mass is 35.5. The Morgan fingerprint density at radius 2 is 1.81 bits per heavy atom. The van der Waals surface area contributed by atoms with E-state index in [-0.39, 0.29) is 27.0 Å². The zero-order chi connectivity index (χ0) is 19.4. The molecular weight excluding hydrogens is 383 g/mol. The van der Waals surface area contributed by atoms with Gasteiger partial charge in [0.05, 0.1) is 26.2 Å². The second-order valence-corrected chi connectivity index (χ2v) is 6.21. The fourth-order valence-electron chi connectivity index (χ4n) is 2.06. The summed E-state index contributed by atoms with van der Waals surface area (Å²) in [5.41, 5.74) is 0.373. The van der Waals surface area contributed by atoms with Crippen LogP contribution < -0.4 is 5.32 Å². The number of esters is 1. The van der Waals surface area contributed by atoms with Gasteiger partial charge in [-0.3, -0.25) is 14.9 Å². The zero-order valence-corrected chi connectivity index (χ0v) is 15.3. The molecule has 0 unspecified atom stereocenters. The largest absolute Gasteiger partial charge is 0.449 e. The van der Waals surface area contributed by atoms with Gasteiger partial charge in [-0.15, -0.1) is 0 Å². The molecule has 0 saturated carbocycles. The molecule has 0 aliphatic heterocycles. The molecule has 9 heteroatoms. The molecule has 0 fully saturated rings. The summed E-state index contributed by atoms with van der Waals surface area (Å²) in [4.78, 5) is 34.7. The Labute approximate surface area is 159 Å². The molecule has 0 aromatic heterocycles. The minimum Gasteiger partial charge on any atom is -0.449 e. The van der Waals surface area contributed by atoms with Crippen molar-refractivity contribution < 1.29 is 19.2 Å². The molecule has 2 aromatic carbocycles. The summed E-state index contributed by atoms with van der Waals surface area (Å²) in [6.45, 7) is 2.91. The molecule has 0 aliphatic carbocycles. The normalized spacial score (nSPS) is 11.5. The van der Waals surface area contributed by atoms with Crippen LogP contribution in [0, 0.1) is 17.0 Å². The highest BCUT2D eigenvalue weighted by molar-refractivity contribution is 6.39. The highest BCUT2D eigenvalue weighted by Crippen LogP contribution is 2.30. The first-order chi connectivity index (χ1) is 12.2. The van der Waals surface area contributed by atoms with E-state index in [1.807, 2.05) is 0 Å². The molecule has 0 bridgehead atoms. The third-order valence-corrected chi connectivity index (χ3v) is 4.14. The number of para-hydroxylation sites is 1. The predicted molar refractivity (Wildman–Crippen MR) is 97.8 cm³/mol. The first kappa shape index (κ1) is 19.7. The van der Waals surface area contributed by atoms with Gasteiger partial charge in [0.15, 0.2) is 6.10 Å². The van der Waals surface area contributed by atoms with E-state index in [9.17, 15) is 19.7 Å². The number of ether oxygens (including phenoxy) is 1. The van der Waals surface area contributed by atoms with Crippen LogP contribution >= 0.6 is 23.2 Å². The molecule has 0 aliphatic rings. The van der Waals surface area contributed by atoms with E-state index in [4.69, 9.17) is 27.9 Å². The van der Waals surface area contributed by atoms with Gasteiger partial charge in [-0.1, -0.05) is 35.3 Å². The smallest absolute Gasteiger partial charge is 0.339 e. The standard InChI is InChI=1S/C17H14Cl2N2O5/c1-9-6-7-11(8-14(9)21(24)25)17(23)26-10(2)16(22)20-15-12(18)4-3-5-13(15)19/h3-8,10H,1-2H3,(H,20,22)/t10-/m0/s1. The topological polar surface area (TPSA) is 98.5 Å². The lowest BCUT2D eigenvalue weighted by atomic mass is 10.1. The number of nitrogens with zero attached hydrogens (tertiary/aromatic N) is 1. The van der Waals surface area contributed by atoms with Crippen LogP contribution in [0.5, 0.6) is 0 Å². The molecular formula is C17H14Cl2N2O5. The summed E-state index contributed by atoms with van der Waals surface area (Å²) in [6, 6.07) is 8.64. The van der Waals surface area contributed by atoms with Gasteiger partial charge in [-0.25, -0.2) is 4.79 Å². The van der Waals surface area contributed by atoms with Gasteiger partial charge in [0.2, 0.25) is 0 Å². The van der Waals surface area contributed by atoms with Gasteiger partial charge in [0.25, 0.3) is 11.6 Å². The third kappa shape index (κ3) is 4.50.